The van der Waals surface area contributed by atoms with E-state index < -0.39 is 0 Å². The number of rotatable bonds is 5. The molecule has 1 fully saturated rings. The van der Waals surface area contributed by atoms with Crippen molar-refractivity contribution < 1.29 is 9.53 Å². The number of aromatic nitrogens is 3. The molecule has 128 valence electrons. The lowest BCUT2D eigenvalue weighted by Gasteiger charge is -2.25. The van der Waals surface area contributed by atoms with Gasteiger partial charge < -0.3 is 9.64 Å². The van der Waals surface area contributed by atoms with Gasteiger partial charge in [-0.3, -0.25) is 9.48 Å². The van der Waals surface area contributed by atoms with Gasteiger partial charge in [-0.1, -0.05) is 0 Å². The number of pyridine rings is 1. The highest BCUT2D eigenvalue weighted by Gasteiger charge is 2.31. The fraction of sp³-hybridized carbons (Fsp3) is 0.500. The van der Waals surface area contributed by atoms with E-state index >= 15 is 0 Å². The number of nitrogens with zero attached hydrogens (tertiary/aromatic N) is 4. The molecule has 2 aromatic rings. The second kappa shape index (κ2) is 7.03. The predicted molar refractivity (Wildman–Crippen MR) is 91.2 cm³/mol. The summed E-state index contributed by atoms with van der Waals surface area (Å²) in [5.41, 5.74) is 2.68. The highest BCUT2D eigenvalue weighted by Crippen LogP contribution is 2.25. The molecule has 1 aliphatic rings. The average molecular weight is 328 g/mol. The van der Waals surface area contributed by atoms with Crippen molar-refractivity contribution in [2.45, 2.75) is 46.2 Å². The van der Waals surface area contributed by atoms with E-state index in [1.165, 1.54) is 0 Å². The Bertz CT molecular complexity index is 726. The monoisotopic (exact) mass is 328 g/mol. The average Bonchev–Trinajstić information content (AvgIpc) is 3.14. The van der Waals surface area contributed by atoms with Crippen molar-refractivity contribution in [3.63, 3.8) is 0 Å². The summed E-state index contributed by atoms with van der Waals surface area (Å²) >= 11 is 0. The Morgan fingerprint density at radius 3 is 2.96 bits per heavy atom. The van der Waals surface area contributed by atoms with Gasteiger partial charge in [0.05, 0.1) is 24.9 Å². The summed E-state index contributed by atoms with van der Waals surface area (Å²) in [5.74, 6) is 0.414. The van der Waals surface area contributed by atoms with Crippen LogP contribution >= 0.6 is 0 Å². The van der Waals surface area contributed by atoms with Crippen LogP contribution in [-0.4, -0.2) is 44.8 Å². The molecule has 2 aromatic heterocycles. The quantitative estimate of drug-likeness (QED) is 0.846. The van der Waals surface area contributed by atoms with Gasteiger partial charge in [0.15, 0.2) is 0 Å². The molecule has 0 unspecified atom stereocenters. The summed E-state index contributed by atoms with van der Waals surface area (Å²) in [5, 5.41) is 4.53. The number of hydrogen-bond donors (Lipinski definition) is 0. The number of ether oxygens (including phenoxy) is 1. The zero-order valence-corrected chi connectivity index (χ0v) is 14.5. The molecule has 3 rings (SSSR count). The summed E-state index contributed by atoms with van der Waals surface area (Å²) in [6.07, 6.45) is 3.66. The van der Waals surface area contributed by atoms with Gasteiger partial charge in [0.2, 0.25) is 5.88 Å². The topological polar surface area (TPSA) is 60.2 Å². The van der Waals surface area contributed by atoms with Crippen molar-refractivity contribution in [3.05, 3.63) is 41.3 Å². The second-order valence-corrected chi connectivity index (χ2v) is 6.19. The molecule has 0 saturated carbocycles. The second-order valence-electron chi connectivity index (χ2n) is 6.19. The molecule has 0 radical (unpaired) electrons. The van der Waals surface area contributed by atoms with Crippen LogP contribution in [0, 0.1) is 13.8 Å². The Morgan fingerprint density at radius 1 is 1.42 bits per heavy atom. The highest BCUT2D eigenvalue weighted by atomic mass is 16.5. The van der Waals surface area contributed by atoms with Crippen molar-refractivity contribution in [3.8, 4) is 5.88 Å². The minimum Gasteiger partial charge on any atom is -0.477 e. The number of likely N-dealkylation sites (tertiary alicyclic amines) is 1. The van der Waals surface area contributed by atoms with E-state index in [1.54, 1.807) is 18.3 Å². The Labute approximate surface area is 142 Å². The van der Waals surface area contributed by atoms with Crippen molar-refractivity contribution in [1.82, 2.24) is 19.7 Å². The molecule has 0 spiro atoms. The summed E-state index contributed by atoms with van der Waals surface area (Å²) in [6.45, 7) is 7.93. The predicted octanol–water partition coefficient (Wildman–Crippen LogP) is 2.60. The first-order chi connectivity index (χ1) is 11.6. The van der Waals surface area contributed by atoms with Crippen LogP contribution < -0.4 is 4.74 Å². The summed E-state index contributed by atoms with van der Waals surface area (Å²) in [7, 11) is 0. The van der Waals surface area contributed by atoms with Gasteiger partial charge >= 0.3 is 0 Å². The van der Waals surface area contributed by atoms with Crippen LogP contribution in [0.5, 0.6) is 5.88 Å². The van der Waals surface area contributed by atoms with Crippen molar-refractivity contribution in [2.75, 3.05) is 13.2 Å². The molecule has 6 nitrogen and oxygen atoms in total. The van der Waals surface area contributed by atoms with Crippen LogP contribution in [0.15, 0.2) is 24.4 Å². The van der Waals surface area contributed by atoms with Crippen LogP contribution in [0.3, 0.4) is 0 Å². The van der Waals surface area contributed by atoms with E-state index in [2.05, 4.69) is 23.1 Å². The minimum atomic E-state index is -0.00409. The number of hydrogen-bond acceptors (Lipinski definition) is 4. The van der Waals surface area contributed by atoms with E-state index in [1.807, 2.05) is 23.4 Å². The van der Waals surface area contributed by atoms with Gasteiger partial charge in [-0.2, -0.15) is 5.10 Å². The Kier molecular flexibility index (Phi) is 4.83. The van der Waals surface area contributed by atoms with Crippen LogP contribution in [0.4, 0.5) is 0 Å². The fourth-order valence-electron chi connectivity index (χ4n) is 3.31. The largest absolute Gasteiger partial charge is 0.477 e. The molecule has 1 amide bonds. The highest BCUT2D eigenvalue weighted by molar-refractivity contribution is 5.96. The van der Waals surface area contributed by atoms with Crippen LogP contribution in [0.1, 0.15) is 41.5 Å². The molecule has 0 aromatic carbocycles. The molecular formula is C18H24N4O2. The summed E-state index contributed by atoms with van der Waals surface area (Å²) in [6, 6.07) is 5.79. The molecular weight excluding hydrogens is 304 g/mol. The maximum absolute atomic E-state index is 13.0. The molecule has 0 N–H and O–H groups in total. The molecule has 1 saturated heterocycles. The maximum Gasteiger partial charge on any atom is 0.259 e. The van der Waals surface area contributed by atoms with Gasteiger partial charge in [0, 0.05) is 18.4 Å². The van der Waals surface area contributed by atoms with E-state index in [9.17, 15) is 4.79 Å². The first-order valence-electron chi connectivity index (χ1n) is 8.50. The fourth-order valence-corrected chi connectivity index (χ4v) is 3.31. The molecule has 0 aliphatic carbocycles. The molecule has 6 heteroatoms. The van der Waals surface area contributed by atoms with Gasteiger partial charge in [-0.15, -0.1) is 0 Å². The smallest absolute Gasteiger partial charge is 0.259 e. The summed E-state index contributed by atoms with van der Waals surface area (Å²) < 4.78 is 7.52. The van der Waals surface area contributed by atoms with Gasteiger partial charge in [-0.25, -0.2) is 4.98 Å². The number of carbonyl (C=O) groups excluding carboxylic acids is 1. The maximum atomic E-state index is 13.0. The third kappa shape index (κ3) is 3.27. The normalized spacial score (nSPS) is 17.3. The van der Waals surface area contributed by atoms with E-state index in [-0.39, 0.29) is 11.9 Å². The first kappa shape index (κ1) is 16.5. The van der Waals surface area contributed by atoms with Crippen molar-refractivity contribution in [1.29, 1.82) is 0 Å². The Balaban J connectivity index is 1.80. The lowest BCUT2D eigenvalue weighted by atomic mass is 10.2. The van der Waals surface area contributed by atoms with Gasteiger partial charge in [0.25, 0.3) is 5.91 Å². The summed E-state index contributed by atoms with van der Waals surface area (Å²) in [4.78, 5) is 19.2. The van der Waals surface area contributed by atoms with Crippen LogP contribution in [0.25, 0.3) is 0 Å². The van der Waals surface area contributed by atoms with Crippen LogP contribution in [0.2, 0.25) is 0 Å². The number of carbonyl (C=O) groups is 1. The van der Waals surface area contributed by atoms with E-state index in [0.29, 0.717) is 18.1 Å². The third-order valence-electron chi connectivity index (χ3n) is 4.41. The zero-order chi connectivity index (χ0) is 17.1. The van der Waals surface area contributed by atoms with Crippen LogP contribution in [-0.2, 0) is 6.54 Å². The lowest BCUT2D eigenvalue weighted by Crippen LogP contribution is -2.38. The van der Waals surface area contributed by atoms with E-state index in [4.69, 9.17) is 4.74 Å². The first-order valence-corrected chi connectivity index (χ1v) is 8.50. The molecule has 1 atom stereocenters. The molecule has 24 heavy (non-hydrogen) atoms. The molecule has 1 aliphatic heterocycles. The number of amides is 1. The van der Waals surface area contributed by atoms with Gasteiger partial charge in [0.1, 0.15) is 5.56 Å². The number of aryl methyl sites for hydroxylation is 2. The van der Waals surface area contributed by atoms with Gasteiger partial charge in [-0.05, 0) is 51.8 Å². The van der Waals surface area contributed by atoms with Crippen molar-refractivity contribution in [2.24, 2.45) is 0 Å². The zero-order valence-electron chi connectivity index (χ0n) is 14.5. The SMILES string of the molecule is CCOc1ncccc1C(=O)N1CCC[C@H]1Cn1nc(C)cc1C. The molecule has 0 bridgehead atoms. The molecule has 3 heterocycles. The standard InChI is InChI=1S/C18H24N4O2/c1-4-24-17-16(8-5-9-19-17)18(23)21-10-6-7-15(21)12-22-14(3)11-13(2)20-22/h5,8-9,11,15H,4,6-7,10,12H2,1-3H3/t15-/m0/s1. The lowest BCUT2D eigenvalue weighted by molar-refractivity contribution is 0.0716. The third-order valence-corrected chi connectivity index (χ3v) is 4.41. The van der Waals surface area contributed by atoms with E-state index in [0.717, 1.165) is 37.3 Å². The Hall–Kier alpha value is -2.37. The Morgan fingerprint density at radius 2 is 2.25 bits per heavy atom. The minimum absolute atomic E-state index is 0.00409. The van der Waals surface area contributed by atoms with Crippen molar-refractivity contribution >= 4 is 5.91 Å².